The highest BCUT2D eigenvalue weighted by Gasteiger charge is 2.13. The van der Waals surface area contributed by atoms with Gasteiger partial charge in [-0.1, -0.05) is 28.1 Å². The summed E-state index contributed by atoms with van der Waals surface area (Å²) < 4.78 is 5.69. The third-order valence-electron chi connectivity index (χ3n) is 2.50. The number of carbonyl (C=O) groups is 1. The molecule has 0 radical (unpaired) electrons. The fourth-order valence-corrected chi connectivity index (χ4v) is 2.98. The molecule has 5 heteroatoms. The first kappa shape index (κ1) is 13.2. The number of hydrogen-bond donors (Lipinski definition) is 0. The Morgan fingerprint density at radius 2 is 2.28 bits per heavy atom. The van der Waals surface area contributed by atoms with Gasteiger partial charge in [-0.05, 0) is 19.1 Å². The number of halogens is 1. The molecule has 0 unspecified atom stereocenters. The summed E-state index contributed by atoms with van der Waals surface area (Å²) in [6, 6.07) is 7.96. The van der Waals surface area contributed by atoms with E-state index in [-0.39, 0.29) is 12.4 Å². The lowest BCUT2D eigenvalue weighted by Gasteiger charge is -1.96. The van der Waals surface area contributed by atoms with Gasteiger partial charge in [0.05, 0.1) is 19.2 Å². The maximum atomic E-state index is 11.3. The lowest BCUT2D eigenvalue weighted by atomic mass is 10.2. The molecule has 1 aromatic heterocycles. The van der Waals surface area contributed by atoms with E-state index in [2.05, 4.69) is 25.7 Å². The summed E-state index contributed by atoms with van der Waals surface area (Å²) in [5.41, 5.74) is 1.94. The van der Waals surface area contributed by atoms with Gasteiger partial charge in [0.2, 0.25) is 0 Å². The van der Waals surface area contributed by atoms with E-state index in [1.54, 1.807) is 0 Å². The first-order valence-corrected chi connectivity index (χ1v) is 7.00. The van der Waals surface area contributed by atoms with E-state index in [4.69, 9.17) is 0 Å². The van der Waals surface area contributed by atoms with Gasteiger partial charge in [-0.25, -0.2) is 4.98 Å². The molecule has 3 nitrogen and oxygen atoms in total. The Morgan fingerprint density at radius 3 is 2.94 bits per heavy atom. The summed E-state index contributed by atoms with van der Waals surface area (Å²) >= 11 is 4.97. The Labute approximate surface area is 118 Å². The zero-order valence-corrected chi connectivity index (χ0v) is 12.5. The van der Waals surface area contributed by atoms with Crippen LogP contribution in [0.5, 0.6) is 0 Å². The van der Waals surface area contributed by atoms with Gasteiger partial charge in [0.1, 0.15) is 5.01 Å². The molecule has 0 bridgehead atoms. The van der Waals surface area contributed by atoms with E-state index in [1.165, 1.54) is 18.4 Å². The minimum Gasteiger partial charge on any atom is -0.469 e. The summed E-state index contributed by atoms with van der Waals surface area (Å²) in [5, 5.41) is 0.924. The first-order valence-electron chi connectivity index (χ1n) is 5.39. The first-order chi connectivity index (χ1) is 8.60. The van der Waals surface area contributed by atoms with Crippen molar-refractivity contribution in [2.75, 3.05) is 7.11 Å². The molecule has 18 heavy (non-hydrogen) atoms. The van der Waals surface area contributed by atoms with Crippen molar-refractivity contribution in [2.45, 2.75) is 13.3 Å². The molecular weight excluding hydrogens is 314 g/mol. The predicted molar refractivity (Wildman–Crippen MR) is 75.7 cm³/mol. The van der Waals surface area contributed by atoms with Gasteiger partial charge < -0.3 is 4.74 Å². The highest BCUT2D eigenvalue weighted by Crippen LogP contribution is 2.29. The molecule has 0 atom stereocenters. The quantitative estimate of drug-likeness (QED) is 0.809. The van der Waals surface area contributed by atoms with Crippen molar-refractivity contribution >= 4 is 33.2 Å². The SMILES string of the molecule is COC(=O)Cc1sc(-c2cccc(Br)c2)nc1C. The van der Waals surface area contributed by atoms with Crippen LogP contribution >= 0.6 is 27.3 Å². The van der Waals surface area contributed by atoms with Crippen molar-refractivity contribution in [1.29, 1.82) is 0 Å². The standard InChI is InChI=1S/C13H12BrNO2S/c1-8-11(7-12(16)17-2)18-13(15-8)9-4-3-5-10(14)6-9/h3-6H,7H2,1-2H3. The molecule has 2 rings (SSSR count). The molecule has 0 N–H and O–H groups in total. The van der Waals surface area contributed by atoms with Crippen molar-refractivity contribution in [3.05, 3.63) is 39.3 Å². The second kappa shape index (κ2) is 5.63. The summed E-state index contributed by atoms with van der Waals surface area (Å²) in [7, 11) is 1.40. The third kappa shape index (κ3) is 2.97. The number of carbonyl (C=O) groups excluding carboxylic acids is 1. The number of benzene rings is 1. The fraction of sp³-hybridized carbons (Fsp3) is 0.231. The van der Waals surface area contributed by atoms with Crippen LogP contribution in [0.1, 0.15) is 10.6 Å². The van der Waals surface area contributed by atoms with Crippen LogP contribution in [0, 0.1) is 6.92 Å². The van der Waals surface area contributed by atoms with Crippen LogP contribution in [0.3, 0.4) is 0 Å². The molecule has 0 fully saturated rings. The van der Waals surface area contributed by atoms with Crippen molar-refractivity contribution < 1.29 is 9.53 Å². The zero-order chi connectivity index (χ0) is 13.1. The average molecular weight is 326 g/mol. The maximum Gasteiger partial charge on any atom is 0.310 e. The molecule has 0 saturated heterocycles. The lowest BCUT2D eigenvalue weighted by Crippen LogP contribution is -2.03. The maximum absolute atomic E-state index is 11.3. The molecule has 1 heterocycles. The summed E-state index contributed by atoms with van der Waals surface area (Å²) in [5.74, 6) is -0.234. The van der Waals surface area contributed by atoms with E-state index in [1.807, 2.05) is 31.2 Å². The van der Waals surface area contributed by atoms with E-state index in [9.17, 15) is 4.79 Å². The number of aromatic nitrogens is 1. The Hall–Kier alpha value is -1.20. The minimum absolute atomic E-state index is 0.234. The monoisotopic (exact) mass is 325 g/mol. The molecule has 0 aliphatic rings. The van der Waals surface area contributed by atoms with Gasteiger partial charge in [0.25, 0.3) is 0 Å². The number of nitrogens with zero attached hydrogens (tertiary/aromatic N) is 1. The molecule has 0 amide bonds. The third-order valence-corrected chi connectivity index (χ3v) is 4.20. The largest absolute Gasteiger partial charge is 0.469 e. The van der Waals surface area contributed by atoms with Crippen LogP contribution in [0.2, 0.25) is 0 Å². The number of rotatable bonds is 3. The number of hydrogen-bond acceptors (Lipinski definition) is 4. The van der Waals surface area contributed by atoms with E-state index in [0.29, 0.717) is 0 Å². The lowest BCUT2D eigenvalue weighted by molar-refractivity contribution is -0.139. The normalized spacial score (nSPS) is 10.4. The smallest absolute Gasteiger partial charge is 0.310 e. The molecule has 0 aliphatic carbocycles. The van der Waals surface area contributed by atoms with Crippen LogP contribution in [0.25, 0.3) is 10.6 Å². The van der Waals surface area contributed by atoms with Crippen molar-refractivity contribution in [2.24, 2.45) is 0 Å². The second-order valence-electron chi connectivity index (χ2n) is 3.79. The molecule has 0 spiro atoms. The van der Waals surface area contributed by atoms with Gasteiger partial charge in [-0.3, -0.25) is 4.79 Å². The summed E-state index contributed by atoms with van der Waals surface area (Å²) in [6.45, 7) is 1.91. The summed E-state index contributed by atoms with van der Waals surface area (Å²) in [6.07, 6.45) is 0.286. The second-order valence-corrected chi connectivity index (χ2v) is 5.79. The van der Waals surface area contributed by atoms with Crippen molar-refractivity contribution in [3.63, 3.8) is 0 Å². The zero-order valence-electron chi connectivity index (χ0n) is 10.1. The number of methoxy groups -OCH3 is 1. The molecular formula is C13H12BrNO2S. The Bertz CT molecular complexity index is 580. The van der Waals surface area contributed by atoms with Gasteiger partial charge in [-0.15, -0.1) is 11.3 Å². The molecule has 94 valence electrons. The molecule has 1 aromatic carbocycles. The van der Waals surface area contributed by atoms with Crippen LogP contribution in [0.4, 0.5) is 0 Å². The Kier molecular flexibility index (Phi) is 4.14. The van der Waals surface area contributed by atoms with E-state index >= 15 is 0 Å². The fourth-order valence-electron chi connectivity index (χ4n) is 1.54. The Morgan fingerprint density at radius 1 is 1.50 bits per heavy atom. The summed E-state index contributed by atoms with van der Waals surface area (Å²) in [4.78, 5) is 16.7. The highest BCUT2D eigenvalue weighted by atomic mass is 79.9. The van der Waals surface area contributed by atoms with Crippen LogP contribution < -0.4 is 0 Å². The average Bonchev–Trinajstić information content (AvgIpc) is 2.71. The Balaban J connectivity index is 2.31. The van der Waals surface area contributed by atoms with E-state index < -0.39 is 0 Å². The van der Waals surface area contributed by atoms with Gasteiger partial charge in [0, 0.05) is 14.9 Å². The van der Waals surface area contributed by atoms with Gasteiger partial charge >= 0.3 is 5.97 Å². The number of esters is 1. The van der Waals surface area contributed by atoms with Crippen LogP contribution in [0.15, 0.2) is 28.7 Å². The minimum atomic E-state index is -0.234. The molecule has 0 aliphatic heterocycles. The van der Waals surface area contributed by atoms with Crippen LogP contribution in [-0.4, -0.2) is 18.1 Å². The topological polar surface area (TPSA) is 39.2 Å². The van der Waals surface area contributed by atoms with Gasteiger partial charge in [0.15, 0.2) is 0 Å². The highest BCUT2D eigenvalue weighted by molar-refractivity contribution is 9.10. The van der Waals surface area contributed by atoms with Crippen LogP contribution in [-0.2, 0) is 16.0 Å². The molecule has 2 aromatic rings. The van der Waals surface area contributed by atoms with Crippen molar-refractivity contribution in [3.8, 4) is 10.6 Å². The predicted octanol–water partition coefficient (Wildman–Crippen LogP) is 3.60. The number of aryl methyl sites for hydroxylation is 1. The van der Waals surface area contributed by atoms with E-state index in [0.717, 1.165) is 25.6 Å². The number of thiazole rings is 1. The number of ether oxygens (including phenoxy) is 1. The molecule has 0 saturated carbocycles. The van der Waals surface area contributed by atoms with Gasteiger partial charge in [-0.2, -0.15) is 0 Å². The van der Waals surface area contributed by atoms with Crippen molar-refractivity contribution in [1.82, 2.24) is 4.98 Å².